The zero-order chi connectivity index (χ0) is 8.20. The molecule has 0 aromatic carbocycles. The standard InChI is InChI=1S/C5H14NO3P/c1-4-5-9-10(7,8)6(2)3/h4-5H2,1-3H3,(H,7,8). The molecular weight excluding hydrogens is 153 g/mol. The second-order valence-electron chi connectivity index (χ2n) is 2.17. The minimum atomic E-state index is -3.45. The van der Waals surface area contributed by atoms with E-state index in [4.69, 9.17) is 4.89 Å². The first-order valence-corrected chi connectivity index (χ1v) is 4.69. The van der Waals surface area contributed by atoms with Crippen LogP contribution in [0.5, 0.6) is 0 Å². The van der Waals surface area contributed by atoms with Crippen molar-refractivity contribution in [2.45, 2.75) is 13.3 Å². The van der Waals surface area contributed by atoms with Crippen molar-refractivity contribution in [2.75, 3.05) is 20.7 Å². The molecule has 0 aromatic rings. The molecule has 0 heterocycles. The van der Waals surface area contributed by atoms with Crippen molar-refractivity contribution in [3.05, 3.63) is 0 Å². The molecule has 0 aromatic heterocycles. The summed E-state index contributed by atoms with van der Waals surface area (Å²) >= 11 is 0. The predicted molar refractivity (Wildman–Crippen MR) is 39.8 cm³/mol. The van der Waals surface area contributed by atoms with Crippen LogP contribution in [-0.2, 0) is 9.09 Å². The minimum Gasteiger partial charge on any atom is -0.312 e. The minimum absolute atomic E-state index is 0.325. The molecule has 0 radical (unpaired) electrons. The lowest BCUT2D eigenvalue weighted by atomic mass is 10.5. The molecule has 5 heteroatoms. The molecule has 0 amide bonds. The summed E-state index contributed by atoms with van der Waals surface area (Å²) in [5.74, 6) is 0. The van der Waals surface area contributed by atoms with E-state index in [-0.39, 0.29) is 0 Å². The lowest BCUT2D eigenvalue weighted by Crippen LogP contribution is -2.10. The van der Waals surface area contributed by atoms with Gasteiger partial charge in [-0.2, -0.15) is 0 Å². The fourth-order valence-corrected chi connectivity index (χ4v) is 0.977. The van der Waals surface area contributed by atoms with Gasteiger partial charge in [0, 0.05) is 0 Å². The maximum atomic E-state index is 10.9. The smallest absolute Gasteiger partial charge is 0.312 e. The van der Waals surface area contributed by atoms with Crippen LogP contribution in [0.2, 0.25) is 0 Å². The van der Waals surface area contributed by atoms with Crippen molar-refractivity contribution >= 4 is 7.75 Å². The average molecular weight is 167 g/mol. The van der Waals surface area contributed by atoms with E-state index in [1.54, 1.807) is 0 Å². The van der Waals surface area contributed by atoms with E-state index in [9.17, 15) is 4.57 Å². The van der Waals surface area contributed by atoms with E-state index >= 15 is 0 Å². The lowest BCUT2D eigenvalue weighted by molar-refractivity contribution is 0.222. The third-order valence-electron chi connectivity index (χ3n) is 0.969. The topological polar surface area (TPSA) is 49.8 Å². The van der Waals surface area contributed by atoms with E-state index in [1.165, 1.54) is 18.8 Å². The van der Waals surface area contributed by atoms with Gasteiger partial charge in [-0.25, -0.2) is 9.24 Å². The maximum Gasteiger partial charge on any atom is 0.405 e. The van der Waals surface area contributed by atoms with Gasteiger partial charge in [0.15, 0.2) is 0 Å². The largest absolute Gasteiger partial charge is 0.405 e. The summed E-state index contributed by atoms with van der Waals surface area (Å²) in [4.78, 5) is 8.98. The van der Waals surface area contributed by atoms with Crippen molar-refractivity contribution in [3.63, 3.8) is 0 Å². The summed E-state index contributed by atoms with van der Waals surface area (Å²) in [6.07, 6.45) is 0.748. The van der Waals surface area contributed by atoms with Crippen LogP contribution in [0.15, 0.2) is 0 Å². The molecule has 1 N–H and O–H groups in total. The van der Waals surface area contributed by atoms with Crippen LogP contribution in [0.25, 0.3) is 0 Å². The summed E-state index contributed by atoms with van der Waals surface area (Å²) in [7, 11) is -0.427. The highest BCUT2D eigenvalue weighted by Gasteiger charge is 2.21. The summed E-state index contributed by atoms with van der Waals surface area (Å²) < 4.78 is 16.8. The van der Waals surface area contributed by atoms with Gasteiger partial charge in [0.1, 0.15) is 0 Å². The Morgan fingerprint density at radius 1 is 1.60 bits per heavy atom. The van der Waals surface area contributed by atoms with Gasteiger partial charge < -0.3 is 4.89 Å². The molecule has 1 unspecified atom stereocenters. The Kier molecular flexibility index (Phi) is 4.13. The van der Waals surface area contributed by atoms with Gasteiger partial charge in [-0.15, -0.1) is 0 Å². The zero-order valence-electron chi connectivity index (χ0n) is 6.57. The molecule has 0 aliphatic carbocycles. The van der Waals surface area contributed by atoms with E-state index < -0.39 is 7.75 Å². The molecule has 0 saturated heterocycles. The van der Waals surface area contributed by atoms with Crippen LogP contribution in [-0.4, -0.2) is 30.3 Å². The molecule has 1 atom stereocenters. The van der Waals surface area contributed by atoms with Crippen LogP contribution in [0.4, 0.5) is 0 Å². The number of nitrogens with zero attached hydrogens (tertiary/aromatic N) is 1. The first-order valence-electron chi connectivity index (χ1n) is 3.16. The predicted octanol–water partition coefficient (Wildman–Crippen LogP) is 1.07. The summed E-state index contributed by atoms with van der Waals surface area (Å²) in [5.41, 5.74) is 0. The Balaban J connectivity index is 3.76. The van der Waals surface area contributed by atoms with Gasteiger partial charge in [-0.3, -0.25) is 4.52 Å². The Morgan fingerprint density at radius 2 is 2.10 bits per heavy atom. The van der Waals surface area contributed by atoms with Crippen molar-refractivity contribution in [2.24, 2.45) is 0 Å². The summed E-state index contributed by atoms with van der Waals surface area (Å²) in [5, 5.41) is 0. The van der Waals surface area contributed by atoms with Gasteiger partial charge in [-0.1, -0.05) is 6.92 Å². The van der Waals surface area contributed by atoms with Crippen LogP contribution >= 0.6 is 7.75 Å². The van der Waals surface area contributed by atoms with E-state index in [1.807, 2.05) is 6.92 Å². The molecule has 0 aliphatic heterocycles. The molecule has 0 spiro atoms. The van der Waals surface area contributed by atoms with E-state index in [0.29, 0.717) is 6.61 Å². The molecule has 0 fully saturated rings. The maximum absolute atomic E-state index is 10.9. The Hall–Kier alpha value is 0.110. The van der Waals surface area contributed by atoms with Crippen LogP contribution in [0.3, 0.4) is 0 Å². The van der Waals surface area contributed by atoms with Crippen molar-refractivity contribution in [1.29, 1.82) is 0 Å². The quantitative estimate of drug-likeness (QED) is 0.636. The molecule has 0 rings (SSSR count). The SMILES string of the molecule is CCCOP(=O)(O)N(C)C. The van der Waals surface area contributed by atoms with Gasteiger partial charge in [0.2, 0.25) is 0 Å². The molecule has 0 saturated carbocycles. The van der Waals surface area contributed by atoms with E-state index in [2.05, 4.69) is 4.52 Å². The normalized spacial score (nSPS) is 17.3. The fourth-order valence-electron chi connectivity index (χ4n) is 0.326. The number of rotatable bonds is 4. The molecule has 0 aliphatic rings. The van der Waals surface area contributed by atoms with Gasteiger partial charge in [0.05, 0.1) is 6.61 Å². The summed E-state index contributed by atoms with van der Waals surface area (Å²) in [6.45, 7) is 2.21. The van der Waals surface area contributed by atoms with E-state index in [0.717, 1.165) is 6.42 Å². The Labute approximate surface area is 61.4 Å². The second kappa shape index (κ2) is 4.09. The first kappa shape index (κ1) is 10.1. The van der Waals surface area contributed by atoms with Crippen LogP contribution < -0.4 is 0 Å². The third kappa shape index (κ3) is 3.32. The van der Waals surface area contributed by atoms with Crippen molar-refractivity contribution < 1.29 is 14.0 Å². The second-order valence-corrected chi connectivity index (χ2v) is 4.21. The van der Waals surface area contributed by atoms with Crippen molar-refractivity contribution in [1.82, 2.24) is 4.67 Å². The molecule has 4 nitrogen and oxygen atoms in total. The fraction of sp³-hybridized carbons (Fsp3) is 1.00. The summed E-state index contributed by atoms with van der Waals surface area (Å²) in [6, 6.07) is 0. The monoisotopic (exact) mass is 167 g/mol. The highest BCUT2D eigenvalue weighted by Crippen LogP contribution is 2.43. The molecule has 10 heavy (non-hydrogen) atoms. The average Bonchev–Trinajstić information content (AvgIpc) is 1.84. The first-order chi connectivity index (χ1) is 4.50. The third-order valence-corrected chi connectivity index (χ3v) is 2.50. The van der Waals surface area contributed by atoms with Crippen LogP contribution in [0.1, 0.15) is 13.3 Å². The highest BCUT2D eigenvalue weighted by molar-refractivity contribution is 7.50. The zero-order valence-corrected chi connectivity index (χ0v) is 7.47. The highest BCUT2D eigenvalue weighted by atomic mass is 31.2. The Morgan fingerprint density at radius 3 is 2.40 bits per heavy atom. The number of hydrogen-bond donors (Lipinski definition) is 1. The van der Waals surface area contributed by atoms with Crippen molar-refractivity contribution in [3.8, 4) is 0 Å². The van der Waals surface area contributed by atoms with Crippen LogP contribution in [0, 0.1) is 0 Å². The number of hydrogen-bond acceptors (Lipinski definition) is 2. The lowest BCUT2D eigenvalue weighted by Gasteiger charge is -2.17. The Bertz CT molecular complexity index is 137. The van der Waals surface area contributed by atoms with Gasteiger partial charge in [0.25, 0.3) is 0 Å². The molecule has 0 bridgehead atoms. The molecule has 62 valence electrons. The van der Waals surface area contributed by atoms with Gasteiger partial charge >= 0.3 is 7.75 Å². The molecular formula is C5H14NO3P. The van der Waals surface area contributed by atoms with Gasteiger partial charge in [-0.05, 0) is 20.5 Å².